The van der Waals surface area contributed by atoms with Gasteiger partial charge >= 0.3 is 0 Å². The molecule has 1 aromatic heterocycles. The minimum absolute atomic E-state index is 0.656. The van der Waals surface area contributed by atoms with Crippen LogP contribution in [-0.2, 0) is 0 Å². The van der Waals surface area contributed by atoms with E-state index < -0.39 is 0 Å². The molecule has 1 N–H and O–H groups in total. The van der Waals surface area contributed by atoms with Crippen molar-refractivity contribution in [2.45, 2.75) is 25.2 Å². The van der Waals surface area contributed by atoms with Gasteiger partial charge in [0.2, 0.25) is 0 Å². The lowest BCUT2D eigenvalue weighted by Crippen LogP contribution is -2.10. The first-order valence-corrected chi connectivity index (χ1v) is 7.01. The maximum atomic E-state index is 5.52. The molecular weight excluding hydrogens is 250 g/mol. The molecule has 0 atom stereocenters. The molecule has 1 saturated carbocycles. The highest BCUT2D eigenvalue weighted by atomic mass is 16.5. The summed E-state index contributed by atoms with van der Waals surface area (Å²) in [6, 6.07) is 8.49. The number of methoxy groups -OCH3 is 1. The summed E-state index contributed by atoms with van der Waals surface area (Å²) >= 11 is 0. The largest absolute Gasteiger partial charge is 0.491 e. The number of nitrogens with one attached hydrogen (secondary N) is 1. The lowest BCUT2D eigenvalue weighted by Gasteiger charge is -2.28. The van der Waals surface area contributed by atoms with E-state index in [0.29, 0.717) is 11.7 Å². The molecule has 104 valence electrons. The zero-order valence-corrected chi connectivity index (χ0v) is 11.9. The molecule has 0 saturated heterocycles. The molecule has 3 rings (SSSR count). The van der Waals surface area contributed by atoms with Crippen LogP contribution in [0.5, 0.6) is 5.75 Å². The van der Waals surface area contributed by atoms with E-state index in [1.165, 1.54) is 24.8 Å². The Labute approximate surface area is 119 Å². The van der Waals surface area contributed by atoms with Gasteiger partial charge in [0.25, 0.3) is 0 Å². The zero-order valence-electron chi connectivity index (χ0n) is 11.9. The highest BCUT2D eigenvalue weighted by Crippen LogP contribution is 2.43. The molecule has 0 radical (unpaired) electrons. The van der Waals surface area contributed by atoms with Gasteiger partial charge in [-0.25, -0.2) is 9.97 Å². The lowest BCUT2D eigenvalue weighted by atomic mass is 9.77. The first-order valence-electron chi connectivity index (χ1n) is 7.01. The van der Waals surface area contributed by atoms with Crippen molar-refractivity contribution in [2.24, 2.45) is 0 Å². The summed E-state index contributed by atoms with van der Waals surface area (Å²) in [4.78, 5) is 8.67. The maximum absolute atomic E-state index is 5.52. The summed E-state index contributed by atoms with van der Waals surface area (Å²) in [6.07, 6.45) is 5.44. The quantitative estimate of drug-likeness (QED) is 0.923. The molecule has 0 unspecified atom stereocenters. The topological polar surface area (TPSA) is 47.0 Å². The van der Waals surface area contributed by atoms with Crippen LogP contribution < -0.4 is 10.1 Å². The van der Waals surface area contributed by atoms with E-state index in [1.54, 1.807) is 13.4 Å². The van der Waals surface area contributed by atoms with Crippen molar-refractivity contribution >= 4 is 5.82 Å². The Balaban J connectivity index is 2.13. The van der Waals surface area contributed by atoms with Gasteiger partial charge in [-0.3, -0.25) is 0 Å². The van der Waals surface area contributed by atoms with Crippen molar-refractivity contribution in [2.75, 3.05) is 19.5 Å². The molecule has 1 aromatic carbocycles. The summed E-state index contributed by atoms with van der Waals surface area (Å²) in [6.45, 7) is 0. The van der Waals surface area contributed by atoms with E-state index >= 15 is 0 Å². The lowest BCUT2D eigenvalue weighted by molar-refractivity contribution is 0.412. The van der Waals surface area contributed by atoms with Crippen LogP contribution in [0, 0.1) is 0 Å². The first kappa shape index (κ1) is 12.9. The van der Waals surface area contributed by atoms with Crippen LogP contribution in [0.25, 0.3) is 11.3 Å². The van der Waals surface area contributed by atoms with Crippen LogP contribution in [0.1, 0.15) is 30.7 Å². The second kappa shape index (κ2) is 5.49. The molecule has 0 bridgehead atoms. The van der Waals surface area contributed by atoms with Crippen molar-refractivity contribution in [3.63, 3.8) is 0 Å². The Morgan fingerprint density at radius 1 is 1.20 bits per heavy atom. The van der Waals surface area contributed by atoms with Crippen LogP contribution >= 0.6 is 0 Å². The summed E-state index contributed by atoms with van der Waals surface area (Å²) in [5.74, 6) is 2.09. The second-order valence-corrected chi connectivity index (χ2v) is 5.07. The van der Waals surface area contributed by atoms with Crippen LogP contribution in [-0.4, -0.2) is 24.1 Å². The third-order valence-electron chi connectivity index (χ3n) is 4.01. The molecule has 0 aliphatic heterocycles. The van der Waals surface area contributed by atoms with Crippen LogP contribution in [0.4, 0.5) is 5.82 Å². The minimum Gasteiger partial charge on any atom is -0.491 e. The molecule has 20 heavy (non-hydrogen) atoms. The molecule has 0 amide bonds. The van der Waals surface area contributed by atoms with Crippen molar-refractivity contribution in [1.29, 1.82) is 0 Å². The van der Waals surface area contributed by atoms with Gasteiger partial charge in [-0.15, -0.1) is 0 Å². The van der Waals surface area contributed by atoms with Crippen LogP contribution in [0.15, 0.2) is 30.6 Å². The van der Waals surface area contributed by atoms with Crippen molar-refractivity contribution in [3.05, 3.63) is 36.2 Å². The second-order valence-electron chi connectivity index (χ2n) is 5.07. The molecular formula is C16H19N3O. The standard InChI is InChI=1S/C16H19N3O/c1-17-16-15(20-2)14(18-10-19-16)13-9-4-3-8-12(13)11-6-5-7-11/h3-4,8-11H,5-7H2,1-2H3,(H,17,18,19). The number of benzene rings is 1. The average molecular weight is 269 g/mol. The molecule has 1 aliphatic rings. The molecule has 1 heterocycles. The number of rotatable bonds is 4. The molecule has 0 spiro atoms. The molecule has 4 heteroatoms. The highest BCUT2D eigenvalue weighted by molar-refractivity contribution is 5.75. The normalized spacial score (nSPS) is 14.7. The van der Waals surface area contributed by atoms with Gasteiger partial charge in [-0.1, -0.05) is 30.7 Å². The number of hydrogen-bond donors (Lipinski definition) is 1. The third-order valence-corrected chi connectivity index (χ3v) is 4.01. The fourth-order valence-corrected chi connectivity index (χ4v) is 2.72. The van der Waals surface area contributed by atoms with Crippen LogP contribution in [0.2, 0.25) is 0 Å². The van der Waals surface area contributed by atoms with E-state index in [4.69, 9.17) is 4.74 Å². The van der Waals surface area contributed by atoms with E-state index in [2.05, 4.69) is 39.6 Å². The number of hydrogen-bond acceptors (Lipinski definition) is 4. The zero-order chi connectivity index (χ0) is 13.9. The number of anilines is 1. The molecule has 2 aromatic rings. The van der Waals surface area contributed by atoms with Gasteiger partial charge in [0.1, 0.15) is 12.0 Å². The molecule has 1 aliphatic carbocycles. The van der Waals surface area contributed by atoms with Gasteiger partial charge < -0.3 is 10.1 Å². The smallest absolute Gasteiger partial charge is 0.187 e. The maximum Gasteiger partial charge on any atom is 0.187 e. The summed E-state index contributed by atoms with van der Waals surface area (Å²) in [5, 5.41) is 3.06. The average Bonchev–Trinajstić information content (AvgIpc) is 2.45. The summed E-state index contributed by atoms with van der Waals surface area (Å²) < 4.78 is 5.52. The molecule has 1 fully saturated rings. The monoisotopic (exact) mass is 269 g/mol. The summed E-state index contributed by atoms with van der Waals surface area (Å²) in [7, 11) is 3.50. The predicted octanol–water partition coefficient (Wildman–Crippen LogP) is 3.46. The minimum atomic E-state index is 0.656. The fraction of sp³-hybridized carbons (Fsp3) is 0.375. The Morgan fingerprint density at radius 3 is 2.65 bits per heavy atom. The number of nitrogens with zero attached hydrogens (tertiary/aromatic N) is 2. The molecule has 4 nitrogen and oxygen atoms in total. The van der Waals surface area contributed by atoms with E-state index in [0.717, 1.165) is 17.1 Å². The van der Waals surface area contributed by atoms with Crippen molar-refractivity contribution < 1.29 is 4.74 Å². The Bertz CT molecular complexity index is 608. The Hall–Kier alpha value is -2.10. The van der Waals surface area contributed by atoms with Gasteiger partial charge in [0.05, 0.1) is 7.11 Å². The first-order chi connectivity index (χ1) is 9.85. The Morgan fingerprint density at radius 2 is 2.00 bits per heavy atom. The van der Waals surface area contributed by atoms with Gasteiger partial charge in [0, 0.05) is 12.6 Å². The van der Waals surface area contributed by atoms with Gasteiger partial charge in [-0.2, -0.15) is 0 Å². The van der Waals surface area contributed by atoms with E-state index in [-0.39, 0.29) is 0 Å². The van der Waals surface area contributed by atoms with E-state index in [9.17, 15) is 0 Å². The van der Waals surface area contributed by atoms with Gasteiger partial charge in [-0.05, 0) is 24.3 Å². The Kier molecular flexibility index (Phi) is 3.54. The van der Waals surface area contributed by atoms with E-state index in [1.807, 2.05) is 7.05 Å². The summed E-state index contributed by atoms with van der Waals surface area (Å²) in [5.41, 5.74) is 3.40. The SMILES string of the molecule is CNc1ncnc(-c2ccccc2C2CCC2)c1OC. The van der Waals surface area contributed by atoms with Crippen molar-refractivity contribution in [1.82, 2.24) is 9.97 Å². The fourth-order valence-electron chi connectivity index (χ4n) is 2.72. The third kappa shape index (κ3) is 2.11. The number of ether oxygens (including phenoxy) is 1. The van der Waals surface area contributed by atoms with Crippen molar-refractivity contribution in [3.8, 4) is 17.0 Å². The number of aromatic nitrogens is 2. The highest BCUT2D eigenvalue weighted by Gasteiger charge is 2.24. The van der Waals surface area contributed by atoms with Gasteiger partial charge in [0.15, 0.2) is 11.6 Å². The van der Waals surface area contributed by atoms with Crippen LogP contribution in [0.3, 0.4) is 0 Å². The predicted molar refractivity (Wildman–Crippen MR) is 80.2 cm³/mol.